The van der Waals surface area contributed by atoms with E-state index in [1.54, 1.807) is 28.9 Å². The SMILES string of the molecule is COC(=O)c1cccn2cc(CSc3nnnn3CC(F)(F)F)nc12. The molecule has 3 rings (SSSR count). The summed E-state index contributed by atoms with van der Waals surface area (Å²) in [7, 11) is 1.27. The normalized spacial score (nSPS) is 11.8. The van der Waals surface area contributed by atoms with Gasteiger partial charge in [-0.3, -0.25) is 0 Å². The van der Waals surface area contributed by atoms with Crippen molar-refractivity contribution in [2.24, 2.45) is 0 Å². The minimum atomic E-state index is -4.41. The maximum atomic E-state index is 12.5. The molecule has 0 saturated carbocycles. The Bertz CT molecular complexity index is 907. The average Bonchev–Trinajstić information content (AvgIpc) is 3.16. The van der Waals surface area contributed by atoms with E-state index in [0.29, 0.717) is 21.6 Å². The summed E-state index contributed by atoms with van der Waals surface area (Å²) in [5.74, 6) is -0.287. The standard InChI is InChI=1S/C13H11F3N6O2S/c1-24-11(23)9-3-2-4-21-5-8(17-10(9)21)6-25-12-18-19-20-22(12)7-13(14,15)16/h2-5H,6-7H2,1H3. The van der Waals surface area contributed by atoms with Gasteiger partial charge in [0.1, 0.15) is 12.1 Å². The number of nitrogens with zero attached hydrogens (tertiary/aromatic N) is 6. The first kappa shape index (κ1) is 17.2. The molecule has 0 fully saturated rings. The summed E-state index contributed by atoms with van der Waals surface area (Å²) in [5.41, 5.74) is 1.26. The predicted octanol–water partition coefficient (Wildman–Crippen LogP) is 1.96. The molecule has 25 heavy (non-hydrogen) atoms. The van der Waals surface area contributed by atoms with Crippen molar-refractivity contribution in [3.63, 3.8) is 0 Å². The van der Waals surface area contributed by atoms with E-state index in [9.17, 15) is 18.0 Å². The average molecular weight is 372 g/mol. The number of hydrogen-bond acceptors (Lipinski definition) is 7. The number of alkyl halides is 3. The minimum absolute atomic E-state index is 0.0302. The highest BCUT2D eigenvalue weighted by Gasteiger charge is 2.30. The molecule has 3 aromatic rings. The smallest absolute Gasteiger partial charge is 0.408 e. The lowest BCUT2D eigenvalue weighted by atomic mass is 10.3. The third kappa shape index (κ3) is 3.90. The summed E-state index contributed by atoms with van der Waals surface area (Å²) < 4.78 is 44.4. The van der Waals surface area contributed by atoms with Gasteiger partial charge in [0.25, 0.3) is 0 Å². The van der Waals surface area contributed by atoms with Crippen LogP contribution in [0.3, 0.4) is 0 Å². The lowest BCUT2D eigenvalue weighted by molar-refractivity contribution is -0.144. The van der Waals surface area contributed by atoms with Crippen LogP contribution in [0.15, 0.2) is 29.7 Å². The van der Waals surface area contributed by atoms with E-state index in [1.807, 2.05) is 0 Å². The van der Waals surface area contributed by atoms with Gasteiger partial charge in [0.15, 0.2) is 5.65 Å². The van der Waals surface area contributed by atoms with Crippen LogP contribution in [0.1, 0.15) is 16.1 Å². The number of fused-ring (bicyclic) bond motifs is 1. The summed E-state index contributed by atoms with van der Waals surface area (Å²) in [6.07, 6.45) is -1.04. The lowest BCUT2D eigenvalue weighted by Gasteiger charge is -2.06. The van der Waals surface area contributed by atoms with Gasteiger partial charge >= 0.3 is 12.1 Å². The number of aromatic nitrogens is 6. The van der Waals surface area contributed by atoms with Crippen LogP contribution in [0.5, 0.6) is 0 Å². The second kappa shape index (κ2) is 6.70. The van der Waals surface area contributed by atoms with Crippen LogP contribution in [0.25, 0.3) is 5.65 Å². The van der Waals surface area contributed by atoms with Gasteiger partial charge in [0.05, 0.1) is 12.8 Å². The van der Waals surface area contributed by atoms with Crippen LogP contribution in [0, 0.1) is 0 Å². The third-order valence-corrected chi connectivity index (χ3v) is 4.11. The number of halogens is 3. The number of tetrazole rings is 1. The number of carbonyl (C=O) groups is 1. The van der Waals surface area contributed by atoms with E-state index in [0.717, 1.165) is 11.8 Å². The summed E-state index contributed by atoms with van der Waals surface area (Å²) in [6, 6.07) is 3.25. The Balaban J connectivity index is 1.79. The molecule has 0 amide bonds. The molecule has 8 nitrogen and oxygen atoms in total. The first-order valence-electron chi connectivity index (χ1n) is 6.88. The van der Waals surface area contributed by atoms with E-state index in [2.05, 4.69) is 20.5 Å². The van der Waals surface area contributed by atoms with E-state index >= 15 is 0 Å². The number of carbonyl (C=O) groups excluding carboxylic acids is 1. The van der Waals surface area contributed by atoms with Crippen molar-refractivity contribution in [2.75, 3.05) is 7.11 Å². The van der Waals surface area contributed by atoms with Gasteiger partial charge in [0.2, 0.25) is 5.16 Å². The van der Waals surface area contributed by atoms with Crippen molar-refractivity contribution in [1.82, 2.24) is 29.6 Å². The van der Waals surface area contributed by atoms with Crippen LogP contribution in [-0.2, 0) is 17.0 Å². The number of pyridine rings is 1. The summed E-state index contributed by atoms with van der Waals surface area (Å²) >= 11 is 1.02. The van der Waals surface area contributed by atoms with E-state index in [4.69, 9.17) is 4.74 Å². The molecule has 132 valence electrons. The topological polar surface area (TPSA) is 87.2 Å². The Morgan fingerprint density at radius 3 is 2.92 bits per heavy atom. The Morgan fingerprint density at radius 2 is 2.20 bits per heavy atom. The van der Waals surface area contributed by atoms with Gasteiger partial charge in [0, 0.05) is 18.1 Å². The van der Waals surface area contributed by atoms with E-state index < -0.39 is 18.7 Å². The highest BCUT2D eigenvalue weighted by Crippen LogP contribution is 2.24. The minimum Gasteiger partial charge on any atom is -0.465 e. The van der Waals surface area contributed by atoms with Crippen molar-refractivity contribution >= 4 is 23.4 Å². The Labute approximate surface area is 143 Å². The first-order chi connectivity index (χ1) is 11.9. The van der Waals surface area contributed by atoms with Crippen LogP contribution in [-0.4, -0.2) is 48.8 Å². The summed E-state index contributed by atoms with van der Waals surface area (Å²) in [4.78, 5) is 16.1. The molecule has 0 aliphatic rings. The van der Waals surface area contributed by atoms with Crippen molar-refractivity contribution in [1.29, 1.82) is 0 Å². The third-order valence-electron chi connectivity index (χ3n) is 3.12. The fourth-order valence-electron chi connectivity index (χ4n) is 2.11. The Morgan fingerprint density at radius 1 is 1.40 bits per heavy atom. The molecule has 0 aliphatic heterocycles. The maximum Gasteiger partial charge on any atom is 0.408 e. The molecule has 0 aromatic carbocycles. The number of thioether (sulfide) groups is 1. The molecule has 0 atom stereocenters. The monoisotopic (exact) mass is 372 g/mol. The highest BCUT2D eigenvalue weighted by molar-refractivity contribution is 7.98. The van der Waals surface area contributed by atoms with Crippen molar-refractivity contribution in [3.8, 4) is 0 Å². The van der Waals surface area contributed by atoms with Crippen LogP contribution >= 0.6 is 11.8 Å². The number of ether oxygens (including phenoxy) is 1. The number of esters is 1. The second-order valence-electron chi connectivity index (χ2n) is 4.90. The predicted molar refractivity (Wildman–Crippen MR) is 80.0 cm³/mol. The molecule has 0 radical (unpaired) electrons. The van der Waals surface area contributed by atoms with Crippen molar-refractivity contribution in [2.45, 2.75) is 23.6 Å². The zero-order valence-corrected chi connectivity index (χ0v) is 13.6. The van der Waals surface area contributed by atoms with Crippen LogP contribution in [0.2, 0.25) is 0 Å². The van der Waals surface area contributed by atoms with Crippen LogP contribution < -0.4 is 0 Å². The molecule has 0 saturated heterocycles. The van der Waals surface area contributed by atoms with Crippen molar-refractivity contribution in [3.05, 3.63) is 35.8 Å². The van der Waals surface area contributed by atoms with Gasteiger partial charge in [-0.05, 0) is 22.6 Å². The molecule has 3 aromatic heterocycles. The zero-order valence-electron chi connectivity index (χ0n) is 12.8. The molecule has 3 heterocycles. The number of methoxy groups -OCH3 is 1. The quantitative estimate of drug-likeness (QED) is 0.500. The van der Waals surface area contributed by atoms with Crippen molar-refractivity contribution < 1.29 is 22.7 Å². The Hall–Kier alpha value is -2.63. The molecule has 12 heteroatoms. The molecule has 0 unspecified atom stereocenters. The molecule has 0 spiro atoms. The van der Waals surface area contributed by atoms with E-state index in [-0.39, 0.29) is 10.9 Å². The molecule has 0 bridgehead atoms. The number of rotatable bonds is 5. The largest absolute Gasteiger partial charge is 0.465 e. The fourth-order valence-corrected chi connectivity index (χ4v) is 2.87. The lowest BCUT2D eigenvalue weighted by Crippen LogP contribution is -2.19. The second-order valence-corrected chi connectivity index (χ2v) is 5.84. The molecule has 0 N–H and O–H groups in total. The van der Waals surface area contributed by atoms with E-state index in [1.165, 1.54) is 7.11 Å². The number of imidazole rings is 1. The van der Waals surface area contributed by atoms with Gasteiger partial charge in [-0.1, -0.05) is 11.8 Å². The molecular formula is C13H11F3N6O2S. The molecule has 0 aliphatic carbocycles. The zero-order chi connectivity index (χ0) is 18.0. The summed E-state index contributed by atoms with van der Waals surface area (Å²) in [6.45, 7) is -1.26. The first-order valence-corrected chi connectivity index (χ1v) is 7.86. The summed E-state index contributed by atoms with van der Waals surface area (Å²) in [5, 5.41) is 10.2. The number of hydrogen-bond donors (Lipinski definition) is 0. The van der Waals surface area contributed by atoms with Gasteiger partial charge < -0.3 is 9.14 Å². The Kier molecular flexibility index (Phi) is 4.61. The van der Waals surface area contributed by atoms with Gasteiger partial charge in [-0.25, -0.2) is 14.5 Å². The maximum absolute atomic E-state index is 12.5. The van der Waals surface area contributed by atoms with Gasteiger partial charge in [-0.2, -0.15) is 13.2 Å². The highest BCUT2D eigenvalue weighted by atomic mass is 32.2. The van der Waals surface area contributed by atoms with Gasteiger partial charge in [-0.15, -0.1) is 5.10 Å². The fraction of sp³-hybridized carbons (Fsp3) is 0.308. The molecular weight excluding hydrogens is 361 g/mol. The van der Waals surface area contributed by atoms with Crippen LogP contribution in [0.4, 0.5) is 13.2 Å².